The zero-order valence-electron chi connectivity index (χ0n) is 36.7. The number of methoxy groups -OCH3 is 2. The molecule has 5 fully saturated rings. The second-order valence-corrected chi connectivity index (χ2v) is 18.7. The molecule has 2 bridgehead atoms. The third kappa shape index (κ3) is 7.23. The van der Waals surface area contributed by atoms with E-state index in [4.69, 9.17) is 24.2 Å². The summed E-state index contributed by atoms with van der Waals surface area (Å²) in [6.45, 7) is 7.03. The molecule has 16 heteroatoms. The fourth-order valence-corrected chi connectivity index (χ4v) is 11.5. The molecule has 5 aromatic rings. The third-order valence-corrected chi connectivity index (χ3v) is 14.9. The number of hydrogen-bond acceptors (Lipinski definition) is 9. The number of ether oxygens (including phenoxy) is 3. The minimum absolute atomic E-state index is 0.0428. The van der Waals surface area contributed by atoms with Crippen LogP contribution in [0.15, 0.2) is 54.7 Å². The van der Waals surface area contributed by atoms with E-state index in [0.29, 0.717) is 60.5 Å². The minimum Gasteiger partial charge on any atom is -0.453 e. The highest BCUT2D eigenvalue weighted by Crippen LogP contribution is 2.58. The van der Waals surface area contributed by atoms with Crippen LogP contribution in [0.1, 0.15) is 83.0 Å². The van der Waals surface area contributed by atoms with Gasteiger partial charge in [0, 0.05) is 36.2 Å². The van der Waals surface area contributed by atoms with Gasteiger partial charge in [-0.1, -0.05) is 45.0 Å². The third-order valence-electron chi connectivity index (χ3n) is 14.9. The number of carbonyl (C=O) groups is 4. The molecule has 5 aliphatic rings. The molecule has 10 rings (SSSR count). The second-order valence-electron chi connectivity index (χ2n) is 18.7. The molecule has 3 saturated heterocycles. The Bertz CT molecular complexity index is 2640. The van der Waals surface area contributed by atoms with Crippen LogP contribution in [0.25, 0.3) is 44.2 Å². The number of nitrogens with zero attached hydrogens (tertiary/aromatic N) is 4. The maximum absolute atomic E-state index is 16.2. The fraction of sp³-hybridized carbons (Fsp3) is 0.500. The predicted molar refractivity (Wildman–Crippen MR) is 235 cm³/mol. The van der Waals surface area contributed by atoms with Gasteiger partial charge in [-0.25, -0.2) is 23.9 Å². The van der Waals surface area contributed by atoms with Crippen molar-refractivity contribution >= 4 is 45.8 Å². The number of fused-ring (bicyclic) bond motifs is 6. The molecule has 0 radical (unpaired) electrons. The topological polar surface area (TPSA) is 184 Å². The first-order chi connectivity index (χ1) is 30.9. The van der Waals surface area contributed by atoms with Gasteiger partial charge >= 0.3 is 12.2 Å². The number of benzene rings is 3. The lowest BCUT2D eigenvalue weighted by molar-refractivity contribution is -0.139. The van der Waals surface area contributed by atoms with E-state index in [1.54, 1.807) is 12.3 Å². The van der Waals surface area contributed by atoms with E-state index in [1.165, 1.54) is 20.3 Å². The Labute approximate surface area is 370 Å². The Morgan fingerprint density at radius 1 is 0.859 bits per heavy atom. The Morgan fingerprint density at radius 2 is 1.61 bits per heavy atom. The Balaban J connectivity index is 0.885. The summed E-state index contributed by atoms with van der Waals surface area (Å²) in [5.41, 5.74) is 4.09. The highest BCUT2D eigenvalue weighted by atomic mass is 19.1. The number of H-pyrrole nitrogens is 2. The molecule has 15 nitrogen and oxygen atoms in total. The van der Waals surface area contributed by atoms with Crippen molar-refractivity contribution in [2.45, 2.75) is 95.5 Å². The van der Waals surface area contributed by atoms with Gasteiger partial charge in [-0.15, -0.1) is 0 Å². The van der Waals surface area contributed by atoms with Gasteiger partial charge in [0.05, 0.1) is 49.2 Å². The van der Waals surface area contributed by atoms with Crippen molar-refractivity contribution in [3.63, 3.8) is 0 Å². The second kappa shape index (κ2) is 16.5. The smallest absolute Gasteiger partial charge is 0.407 e. The van der Waals surface area contributed by atoms with E-state index in [1.807, 2.05) is 60.0 Å². The van der Waals surface area contributed by atoms with Crippen LogP contribution in [0.2, 0.25) is 0 Å². The maximum atomic E-state index is 16.2. The average Bonchev–Trinajstić information content (AvgIpc) is 4.03. The number of nitrogens with one attached hydrogen (secondary N) is 4. The number of amides is 4. The van der Waals surface area contributed by atoms with Crippen LogP contribution >= 0.6 is 0 Å². The molecular weight excluding hydrogens is 820 g/mol. The minimum atomic E-state index is -0.750. The van der Waals surface area contributed by atoms with Crippen LogP contribution in [0.5, 0.6) is 0 Å². The molecule has 336 valence electrons. The number of carbonyl (C=O) groups excluding carboxylic acids is 4. The molecule has 2 aromatic heterocycles. The molecular formula is C48H55FN8O7. The van der Waals surface area contributed by atoms with E-state index >= 15 is 4.39 Å². The Hall–Kier alpha value is -6.03. The van der Waals surface area contributed by atoms with Gasteiger partial charge in [0.25, 0.3) is 0 Å². The molecule has 2 saturated carbocycles. The molecule has 4 unspecified atom stereocenters. The van der Waals surface area contributed by atoms with Crippen molar-refractivity contribution in [3.05, 3.63) is 72.2 Å². The summed E-state index contributed by atoms with van der Waals surface area (Å²) in [4.78, 5) is 73.7. The van der Waals surface area contributed by atoms with Crippen LogP contribution in [0, 0.1) is 35.4 Å². The van der Waals surface area contributed by atoms with E-state index in [-0.39, 0.29) is 53.7 Å². The molecule has 4 amide bonds. The van der Waals surface area contributed by atoms with Gasteiger partial charge < -0.3 is 44.6 Å². The number of alkyl carbamates (subject to hydrolysis) is 2. The first-order valence-corrected chi connectivity index (χ1v) is 22.6. The van der Waals surface area contributed by atoms with Gasteiger partial charge in [-0.05, 0) is 109 Å². The predicted octanol–water partition coefficient (Wildman–Crippen LogP) is 7.40. The van der Waals surface area contributed by atoms with Crippen LogP contribution < -0.4 is 10.6 Å². The summed E-state index contributed by atoms with van der Waals surface area (Å²) in [5.74, 6) is 1.34. The lowest BCUT2D eigenvalue weighted by Gasteiger charge is -2.37. The van der Waals surface area contributed by atoms with Crippen molar-refractivity contribution < 1.29 is 37.8 Å². The van der Waals surface area contributed by atoms with E-state index in [9.17, 15) is 19.2 Å². The number of aromatic amines is 2. The number of imidazole rings is 2. The van der Waals surface area contributed by atoms with Gasteiger partial charge in [0.2, 0.25) is 11.8 Å². The Morgan fingerprint density at radius 3 is 2.36 bits per heavy atom. The van der Waals surface area contributed by atoms with Crippen LogP contribution in [-0.4, -0.2) is 105 Å². The molecule has 3 aromatic carbocycles. The summed E-state index contributed by atoms with van der Waals surface area (Å²) >= 11 is 0. The molecule has 3 aliphatic heterocycles. The van der Waals surface area contributed by atoms with Crippen molar-refractivity contribution in [1.29, 1.82) is 0 Å². The van der Waals surface area contributed by atoms with Gasteiger partial charge in [0.1, 0.15) is 29.5 Å². The number of halogens is 1. The summed E-state index contributed by atoms with van der Waals surface area (Å²) in [6, 6.07) is 13.3. The number of hydrogen-bond donors (Lipinski definition) is 4. The summed E-state index contributed by atoms with van der Waals surface area (Å²) in [6.07, 6.45) is 5.21. The molecule has 0 spiro atoms. The summed E-state index contributed by atoms with van der Waals surface area (Å²) < 4.78 is 31.5. The zero-order valence-corrected chi connectivity index (χ0v) is 36.7. The summed E-state index contributed by atoms with van der Waals surface area (Å²) in [7, 11) is 2.59. The van der Waals surface area contributed by atoms with Gasteiger partial charge in [-0.2, -0.15) is 0 Å². The molecule has 4 N–H and O–H groups in total. The molecule has 2 aliphatic carbocycles. The highest BCUT2D eigenvalue weighted by molar-refractivity contribution is 6.05. The van der Waals surface area contributed by atoms with Gasteiger partial charge in [0.15, 0.2) is 0 Å². The number of likely N-dealkylation sites (tertiary alicyclic amines) is 2. The lowest BCUT2D eigenvalue weighted by Crippen LogP contribution is -2.54. The van der Waals surface area contributed by atoms with Crippen molar-refractivity contribution in [2.24, 2.45) is 29.6 Å². The molecule has 9 atom stereocenters. The number of piperidine rings is 2. The van der Waals surface area contributed by atoms with Crippen molar-refractivity contribution in [1.82, 2.24) is 40.4 Å². The highest BCUT2D eigenvalue weighted by Gasteiger charge is 2.62. The quantitative estimate of drug-likeness (QED) is 0.111. The number of aromatic nitrogens is 4. The van der Waals surface area contributed by atoms with E-state index < -0.39 is 30.1 Å². The van der Waals surface area contributed by atoms with Crippen LogP contribution in [0.4, 0.5) is 14.0 Å². The largest absolute Gasteiger partial charge is 0.453 e. The number of rotatable bonds is 10. The monoisotopic (exact) mass is 874 g/mol. The fourth-order valence-electron chi connectivity index (χ4n) is 11.5. The van der Waals surface area contributed by atoms with E-state index in [0.717, 1.165) is 58.9 Å². The average molecular weight is 875 g/mol. The first-order valence-electron chi connectivity index (χ1n) is 22.6. The maximum Gasteiger partial charge on any atom is 0.407 e. The van der Waals surface area contributed by atoms with Crippen LogP contribution in [0.3, 0.4) is 0 Å². The van der Waals surface area contributed by atoms with Crippen molar-refractivity contribution in [2.75, 3.05) is 27.4 Å². The molecule has 64 heavy (non-hydrogen) atoms. The SMILES string of the molecule is COC(=O)NC(C(=O)N1C2C(C)C2C[C@H]1c1ncc(-c2ccc(-c3ccc4c(ccc5[nH]c([C@@H]6[C@H]7CC[C@H](C7)N6C(=O)[C@@H](NC(=O)OC)C(C)C)nc54)c3)cc2F)[nH]1)C1CCOCC1. The Kier molecular flexibility index (Phi) is 10.8. The van der Waals surface area contributed by atoms with Crippen LogP contribution in [-0.2, 0) is 23.8 Å². The van der Waals surface area contributed by atoms with E-state index in [2.05, 4.69) is 27.5 Å². The lowest BCUT2D eigenvalue weighted by atomic mass is 9.90. The van der Waals surface area contributed by atoms with Gasteiger partial charge in [-0.3, -0.25) is 9.59 Å². The zero-order chi connectivity index (χ0) is 44.6. The first kappa shape index (κ1) is 42.0. The standard InChI is InChI=1S/C48H55FN8O7/c1-23(2)38(54-47(60)62-4)45(58)56-30-10-6-29(19-30)42(56)44-51-35-13-9-28-18-26(7-11-31(28)40(35)53-44)27-8-12-32(34(49)20-27)36-22-50-43(52-36)37-21-33-24(3)41(33)57(37)46(59)39(55-48(61)63-5)25-14-16-64-17-15-25/h7-9,11-13,18,20,22-25,29-30,33,37-39,41-42H,6,10,14-17,19,21H2,1-5H3,(H,50,52)(H,51,53)(H,54,60)(H,55,61)/t24?,29-,30+,33?,37-,38-,39?,41?,42-/m0/s1. The summed E-state index contributed by atoms with van der Waals surface area (Å²) in [5, 5.41) is 7.46. The normalized spacial score (nSPS) is 26.0. The molecule has 5 heterocycles. The van der Waals surface area contributed by atoms with Crippen molar-refractivity contribution in [3.8, 4) is 22.4 Å².